The first-order valence-electron chi connectivity index (χ1n) is 3.83. The summed E-state index contributed by atoms with van der Waals surface area (Å²) in [5.41, 5.74) is 0.0675. The number of esters is 1. The van der Waals surface area contributed by atoms with E-state index in [1.165, 1.54) is 18.0 Å². The fourth-order valence-electron chi connectivity index (χ4n) is 0.816. The second-order valence-electron chi connectivity index (χ2n) is 2.50. The number of carboxylic acids is 1. The minimum atomic E-state index is -0.930. The van der Waals surface area contributed by atoms with Gasteiger partial charge < -0.3 is 9.84 Å². The first kappa shape index (κ1) is 10.2. The van der Waals surface area contributed by atoms with E-state index in [0.717, 1.165) is 0 Å². The second kappa shape index (κ2) is 4.35. The minimum absolute atomic E-state index is 0.0655. The smallest absolute Gasteiger partial charge is 0.360 e. The van der Waals surface area contributed by atoms with Crippen LogP contribution in [0.2, 0.25) is 0 Å². The third-order valence-corrected chi connectivity index (χ3v) is 1.49. The molecule has 7 heteroatoms. The van der Waals surface area contributed by atoms with Crippen molar-refractivity contribution in [2.24, 2.45) is 0 Å². The number of rotatable bonds is 4. The van der Waals surface area contributed by atoms with E-state index in [2.05, 4.69) is 15.0 Å². The fraction of sp³-hybridized carbons (Fsp3) is 0.429. The summed E-state index contributed by atoms with van der Waals surface area (Å²) in [6.45, 7) is 0.180. The standard InChI is InChI=1S/C7H9N3O4/c1-14-7(13)5-4-10(9-8-5)3-2-6(11)12/h4H,2-3H2,1H3,(H,11,12). The molecule has 0 aliphatic carbocycles. The van der Waals surface area contributed by atoms with Crippen LogP contribution in [0.25, 0.3) is 0 Å². The molecule has 1 heterocycles. The van der Waals surface area contributed by atoms with E-state index in [-0.39, 0.29) is 18.7 Å². The number of aliphatic carboxylic acids is 1. The molecular weight excluding hydrogens is 190 g/mol. The van der Waals surface area contributed by atoms with Crippen LogP contribution in [0.15, 0.2) is 6.20 Å². The second-order valence-corrected chi connectivity index (χ2v) is 2.50. The monoisotopic (exact) mass is 199 g/mol. The number of carbonyl (C=O) groups excluding carboxylic acids is 1. The maximum atomic E-state index is 10.9. The van der Waals surface area contributed by atoms with E-state index < -0.39 is 11.9 Å². The molecule has 1 aromatic heterocycles. The summed E-state index contributed by atoms with van der Waals surface area (Å²) in [5.74, 6) is -1.52. The Morgan fingerprint density at radius 2 is 2.36 bits per heavy atom. The molecule has 0 fully saturated rings. The van der Waals surface area contributed by atoms with Gasteiger partial charge in [-0.15, -0.1) is 5.10 Å². The molecule has 0 aliphatic heterocycles. The van der Waals surface area contributed by atoms with Crippen LogP contribution in [-0.4, -0.2) is 39.1 Å². The molecule has 76 valence electrons. The van der Waals surface area contributed by atoms with Gasteiger partial charge in [0.05, 0.1) is 26.3 Å². The van der Waals surface area contributed by atoms with Gasteiger partial charge in [-0.05, 0) is 0 Å². The Morgan fingerprint density at radius 1 is 1.64 bits per heavy atom. The zero-order valence-electron chi connectivity index (χ0n) is 7.51. The van der Waals surface area contributed by atoms with Gasteiger partial charge in [0.15, 0.2) is 5.69 Å². The lowest BCUT2D eigenvalue weighted by atomic mass is 10.4. The molecule has 1 N–H and O–H groups in total. The zero-order valence-corrected chi connectivity index (χ0v) is 7.51. The van der Waals surface area contributed by atoms with E-state index in [1.807, 2.05) is 0 Å². The Hall–Kier alpha value is -1.92. The van der Waals surface area contributed by atoms with Gasteiger partial charge in [-0.2, -0.15) is 0 Å². The number of ether oxygens (including phenoxy) is 1. The number of carboxylic acid groups (broad SMARTS) is 1. The van der Waals surface area contributed by atoms with Crippen LogP contribution in [-0.2, 0) is 16.1 Å². The summed E-state index contributed by atoms with van der Waals surface area (Å²) < 4.78 is 5.68. The molecule has 0 aliphatic rings. The van der Waals surface area contributed by atoms with Crippen molar-refractivity contribution in [3.05, 3.63) is 11.9 Å². The zero-order chi connectivity index (χ0) is 10.6. The third kappa shape index (κ3) is 2.54. The number of nitrogens with zero attached hydrogens (tertiary/aromatic N) is 3. The quantitative estimate of drug-likeness (QED) is 0.659. The van der Waals surface area contributed by atoms with E-state index in [0.29, 0.717) is 0 Å². The summed E-state index contributed by atoms with van der Waals surface area (Å²) in [7, 11) is 1.23. The normalized spacial score (nSPS) is 9.79. The van der Waals surface area contributed by atoms with Gasteiger partial charge in [0.25, 0.3) is 0 Å². The van der Waals surface area contributed by atoms with E-state index in [1.54, 1.807) is 0 Å². The molecule has 0 saturated carbocycles. The van der Waals surface area contributed by atoms with Crippen LogP contribution in [0.3, 0.4) is 0 Å². The van der Waals surface area contributed by atoms with Crippen LogP contribution >= 0.6 is 0 Å². The molecule has 0 spiro atoms. The molecule has 7 nitrogen and oxygen atoms in total. The van der Waals surface area contributed by atoms with Gasteiger partial charge in [-0.3, -0.25) is 9.48 Å². The number of methoxy groups -OCH3 is 1. The van der Waals surface area contributed by atoms with Gasteiger partial charge >= 0.3 is 11.9 Å². The maximum Gasteiger partial charge on any atom is 0.360 e. The Balaban J connectivity index is 2.59. The van der Waals surface area contributed by atoms with Crippen LogP contribution in [0.5, 0.6) is 0 Å². The van der Waals surface area contributed by atoms with Crippen molar-refractivity contribution in [2.45, 2.75) is 13.0 Å². The molecular formula is C7H9N3O4. The van der Waals surface area contributed by atoms with Crippen molar-refractivity contribution < 1.29 is 19.4 Å². The largest absolute Gasteiger partial charge is 0.481 e. The average molecular weight is 199 g/mol. The van der Waals surface area contributed by atoms with Gasteiger partial charge in [0, 0.05) is 0 Å². The SMILES string of the molecule is COC(=O)c1cn(CCC(=O)O)nn1. The number of carbonyl (C=O) groups is 2. The van der Waals surface area contributed by atoms with Crippen molar-refractivity contribution in [1.82, 2.24) is 15.0 Å². The van der Waals surface area contributed by atoms with E-state index in [9.17, 15) is 9.59 Å². The average Bonchev–Trinajstić information content (AvgIpc) is 2.62. The van der Waals surface area contributed by atoms with Gasteiger partial charge in [-0.1, -0.05) is 5.21 Å². The molecule has 0 aromatic carbocycles. The lowest BCUT2D eigenvalue weighted by Crippen LogP contribution is -2.05. The van der Waals surface area contributed by atoms with Crippen molar-refractivity contribution in [3.63, 3.8) is 0 Å². The molecule has 0 unspecified atom stereocenters. The Kier molecular flexibility index (Phi) is 3.16. The summed E-state index contributed by atoms with van der Waals surface area (Å²) in [6.07, 6.45) is 1.28. The molecule has 14 heavy (non-hydrogen) atoms. The molecule has 0 atom stereocenters. The predicted molar refractivity (Wildman–Crippen MR) is 43.6 cm³/mol. The number of hydrogen-bond acceptors (Lipinski definition) is 5. The summed E-state index contributed by atoms with van der Waals surface area (Å²) in [4.78, 5) is 21.1. The molecule has 1 aromatic rings. The molecule has 0 bridgehead atoms. The van der Waals surface area contributed by atoms with Gasteiger partial charge in [0.2, 0.25) is 0 Å². The van der Waals surface area contributed by atoms with E-state index in [4.69, 9.17) is 5.11 Å². The summed E-state index contributed by atoms with van der Waals surface area (Å²) in [5, 5.41) is 15.5. The van der Waals surface area contributed by atoms with E-state index >= 15 is 0 Å². The predicted octanol–water partition coefficient (Wildman–Crippen LogP) is -0.461. The fourth-order valence-corrected chi connectivity index (χ4v) is 0.816. The number of aromatic nitrogens is 3. The lowest BCUT2D eigenvalue weighted by Gasteiger charge is -1.94. The van der Waals surface area contributed by atoms with Gasteiger partial charge in [-0.25, -0.2) is 4.79 Å². The van der Waals surface area contributed by atoms with Crippen molar-refractivity contribution in [3.8, 4) is 0 Å². The third-order valence-electron chi connectivity index (χ3n) is 1.49. The number of aryl methyl sites for hydroxylation is 1. The van der Waals surface area contributed by atoms with Crippen LogP contribution in [0, 0.1) is 0 Å². The minimum Gasteiger partial charge on any atom is -0.481 e. The first-order valence-corrected chi connectivity index (χ1v) is 3.83. The first-order chi connectivity index (χ1) is 6.63. The van der Waals surface area contributed by atoms with Crippen molar-refractivity contribution in [1.29, 1.82) is 0 Å². The Bertz CT molecular complexity index is 346. The molecule has 0 radical (unpaired) electrons. The molecule has 0 saturated heterocycles. The molecule has 1 rings (SSSR count). The molecule has 0 amide bonds. The summed E-state index contributed by atoms with van der Waals surface area (Å²) >= 11 is 0. The van der Waals surface area contributed by atoms with Crippen molar-refractivity contribution >= 4 is 11.9 Å². The van der Waals surface area contributed by atoms with Gasteiger partial charge in [0.1, 0.15) is 0 Å². The number of hydrogen-bond donors (Lipinski definition) is 1. The highest BCUT2D eigenvalue weighted by atomic mass is 16.5. The highest BCUT2D eigenvalue weighted by Crippen LogP contribution is 1.96. The highest BCUT2D eigenvalue weighted by molar-refractivity contribution is 5.86. The topological polar surface area (TPSA) is 94.3 Å². The van der Waals surface area contributed by atoms with Crippen LogP contribution in [0.1, 0.15) is 16.9 Å². The highest BCUT2D eigenvalue weighted by Gasteiger charge is 2.10. The summed E-state index contributed by atoms with van der Waals surface area (Å²) in [6, 6.07) is 0. The Morgan fingerprint density at radius 3 is 2.93 bits per heavy atom. The Labute approximate surface area is 79.3 Å². The van der Waals surface area contributed by atoms with Crippen LogP contribution < -0.4 is 0 Å². The van der Waals surface area contributed by atoms with Crippen molar-refractivity contribution in [2.75, 3.05) is 7.11 Å². The lowest BCUT2D eigenvalue weighted by molar-refractivity contribution is -0.137. The van der Waals surface area contributed by atoms with Crippen LogP contribution in [0.4, 0.5) is 0 Å². The maximum absolute atomic E-state index is 10.9.